The van der Waals surface area contributed by atoms with Crippen molar-refractivity contribution in [2.45, 2.75) is 44.4 Å². The summed E-state index contributed by atoms with van der Waals surface area (Å²) >= 11 is 0. The number of imidazole rings is 1. The summed E-state index contributed by atoms with van der Waals surface area (Å²) in [5.74, 6) is -0.492. The standard InChI is InChI=1S/C24H25F3N4O3/c1-23(10-9-20(33)30(23)2)16-7-8-19-18(14-16)28-22(31(19)11-4-12-32)29-21(34)15-5-3-6-17(13-15)24(25,26)27/h3,5-8,13-14,32H,4,9-12H2,1-2H3,(H,28,29,34)/t23-/m0/s1. The van der Waals surface area contributed by atoms with Gasteiger partial charge in [0.2, 0.25) is 11.9 Å². The van der Waals surface area contributed by atoms with Gasteiger partial charge < -0.3 is 14.6 Å². The lowest BCUT2D eigenvalue weighted by molar-refractivity contribution is -0.137. The number of nitrogens with one attached hydrogen (secondary N) is 1. The third-order valence-corrected chi connectivity index (χ3v) is 6.53. The monoisotopic (exact) mass is 474 g/mol. The predicted octanol–water partition coefficient (Wildman–Crippen LogP) is 4.16. The van der Waals surface area contributed by atoms with E-state index in [4.69, 9.17) is 0 Å². The first-order valence-electron chi connectivity index (χ1n) is 10.9. The summed E-state index contributed by atoms with van der Waals surface area (Å²) in [6, 6.07) is 9.79. The zero-order chi connectivity index (χ0) is 24.7. The van der Waals surface area contributed by atoms with Gasteiger partial charge in [0.1, 0.15) is 0 Å². The van der Waals surface area contributed by atoms with Crippen LogP contribution in [-0.2, 0) is 23.1 Å². The molecule has 0 spiro atoms. The van der Waals surface area contributed by atoms with E-state index in [1.54, 1.807) is 16.5 Å². The van der Waals surface area contributed by atoms with E-state index in [1.807, 2.05) is 25.1 Å². The number of amides is 2. The minimum absolute atomic E-state index is 0.0603. The number of rotatable bonds is 6. The molecule has 0 saturated carbocycles. The minimum atomic E-state index is -4.56. The van der Waals surface area contributed by atoms with Crippen LogP contribution in [0.15, 0.2) is 42.5 Å². The topological polar surface area (TPSA) is 87.5 Å². The van der Waals surface area contributed by atoms with Gasteiger partial charge in [-0.05, 0) is 55.7 Å². The second-order valence-electron chi connectivity index (χ2n) is 8.63. The molecule has 34 heavy (non-hydrogen) atoms. The molecule has 10 heteroatoms. The number of hydrogen-bond acceptors (Lipinski definition) is 4. The predicted molar refractivity (Wildman–Crippen MR) is 120 cm³/mol. The van der Waals surface area contributed by atoms with E-state index in [2.05, 4.69) is 10.3 Å². The maximum atomic E-state index is 13.1. The molecule has 1 aromatic heterocycles. The molecule has 1 saturated heterocycles. The van der Waals surface area contributed by atoms with Crippen LogP contribution in [0.25, 0.3) is 11.0 Å². The van der Waals surface area contributed by atoms with Gasteiger partial charge in [-0.15, -0.1) is 0 Å². The van der Waals surface area contributed by atoms with E-state index in [0.29, 0.717) is 36.8 Å². The van der Waals surface area contributed by atoms with Gasteiger partial charge in [-0.3, -0.25) is 14.9 Å². The third kappa shape index (κ3) is 4.25. The van der Waals surface area contributed by atoms with Crippen molar-refractivity contribution < 1.29 is 27.9 Å². The summed E-state index contributed by atoms with van der Waals surface area (Å²) in [4.78, 5) is 31.1. The van der Waals surface area contributed by atoms with Crippen molar-refractivity contribution in [3.63, 3.8) is 0 Å². The van der Waals surface area contributed by atoms with E-state index in [9.17, 15) is 27.9 Å². The van der Waals surface area contributed by atoms with Gasteiger partial charge in [-0.25, -0.2) is 4.98 Å². The number of aliphatic hydroxyl groups is 1. The molecule has 1 atom stereocenters. The van der Waals surface area contributed by atoms with Gasteiger partial charge in [0.25, 0.3) is 5.91 Å². The Kier molecular flexibility index (Phi) is 6.11. The number of benzene rings is 2. The van der Waals surface area contributed by atoms with E-state index in [1.165, 1.54) is 12.1 Å². The summed E-state index contributed by atoms with van der Waals surface area (Å²) in [6.07, 6.45) is -3.05. The molecule has 1 aliphatic heterocycles. The number of halogens is 3. The third-order valence-electron chi connectivity index (χ3n) is 6.53. The first kappa shape index (κ1) is 23.7. The Hall–Kier alpha value is -3.40. The molecule has 180 valence electrons. The molecular weight excluding hydrogens is 449 g/mol. The van der Waals surface area contributed by atoms with E-state index in [-0.39, 0.29) is 24.0 Å². The molecule has 2 heterocycles. The Labute approximate surface area is 194 Å². The van der Waals surface area contributed by atoms with Crippen LogP contribution in [0.1, 0.15) is 47.7 Å². The zero-order valence-electron chi connectivity index (χ0n) is 18.8. The Bertz CT molecular complexity index is 1250. The summed E-state index contributed by atoms with van der Waals surface area (Å²) in [5, 5.41) is 11.9. The van der Waals surface area contributed by atoms with Gasteiger partial charge in [-0.2, -0.15) is 13.2 Å². The Morgan fingerprint density at radius 1 is 1.24 bits per heavy atom. The molecule has 4 rings (SSSR count). The van der Waals surface area contributed by atoms with Crippen molar-refractivity contribution >= 4 is 28.8 Å². The van der Waals surface area contributed by atoms with Gasteiger partial charge in [-0.1, -0.05) is 12.1 Å². The molecule has 0 bridgehead atoms. The number of carbonyl (C=O) groups is 2. The quantitative estimate of drug-likeness (QED) is 0.562. The molecule has 0 radical (unpaired) electrons. The van der Waals surface area contributed by atoms with Gasteiger partial charge >= 0.3 is 6.18 Å². The molecule has 2 aromatic carbocycles. The normalized spacial score (nSPS) is 18.6. The van der Waals surface area contributed by atoms with Crippen molar-refractivity contribution in [1.29, 1.82) is 0 Å². The van der Waals surface area contributed by atoms with Crippen molar-refractivity contribution in [3.05, 3.63) is 59.2 Å². The van der Waals surface area contributed by atoms with Crippen LogP contribution in [0.4, 0.5) is 19.1 Å². The van der Waals surface area contributed by atoms with Crippen molar-refractivity contribution in [2.24, 2.45) is 0 Å². The average Bonchev–Trinajstić information content (AvgIpc) is 3.28. The van der Waals surface area contributed by atoms with Crippen LogP contribution in [0.5, 0.6) is 0 Å². The van der Waals surface area contributed by atoms with E-state index in [0.717, 1.165) is 17.7 Å². The highest BCUT2D eigenvalue weighted by molar-refractivity contribution is 6.04. The van der Waals surface area contributed by atoms with Gasteiger partial charge in [0.05, 0.1) is 22.1 Å². The highest BCUT2D eigenvalue weighted by atomic mass is 19.4. The highest BCUT2D eigenvalue weighted by Gasteiger charge is 2.40. The van der Waals surface area contributed by atoms with E-state index >= 15 is 0 Å². The molecule has 2 N–H and O–H groups in total. The number of carbonyl (C=O) groups excluding carboxylic acids is 2. The number of likely N-dealkylation sites (tertiary alicyclic amines) is 1. The number of alkyl halides is 3. The minimum Gasteiger partial charge on any atom is -0.396 e. The van der Waals surface area contributed by atoms with Crippen molar-refractivity contribution in [1.82, 2.24) is 14.5 Å². The number of aliphatic hydroxyl groups excluding tert-OH is 1. The van der Waals surface area contributed by atoms with Crippen molar-refractivity contribution in [3.8, 4) is 0 Å². The summed E-state index contributed by atoms with van der Waals surface area (Å²) in [7, 11) is 1.76. The molecule has 1 fully saturated rings. The molecule has 0 unspecified atom stereocenters. The zero-order valence-corrected chi connectivity index (χ0v) is 18.8. The van der Waals surface area contributed by atoms with Crippen LogP contribution in [0.2, 0.25) is 0 Å². The largest absolute Gasteiger partial charge is 0.416 e. The maximum Gasteiger partial charge on any atom is 0.416 e. The molecule has 3 aromatic rings. The summed E-state index contributed by atoms with van der Waals surface area (Å²) in [6.45, 7) is 2.25. The van der Waals surface area contributed by atoms with Gasteiger partial charge in [0.15, 0.2) is 0 Å². The summed E-state index contributed by atoms with van der Waals surface area (Å²) in [5.41, 5.74) is 0.630. The Morgan fingerprint density at radius 3 is 2.65 bits per heavy atom. The lowest BCUT2D eigenvalue weighted by Gasteiger charge is -2.32. The van der Waals surface area contributed by atoms with Crippen LogP contribution in [0, 0.1) is 0 Å². The summed E-state index contributed by atoms with van der Waals surface area (Å²) < 4.78 is 40.9. The highest BCUT2D eigenvalue weighted by Crippen LogP contribution is 2.39. The molecule has 2 amide bonds. The van der Waals surface area contributed by atoms with Crippen LogP contribution >= 0.6 is 0 Å². The fraction of sp³-hybridized carbons (Fsp3) is 0.375. The SMILES string of the molecule is CN1C(=O)CC[C@@]1(C)c1ccc2c(c1)nc(NC(=O)c1cccc(C(F)(F)F)c1)n2CCCO. The second-order valence-corrected chi connectivity index (χ2v) is 8.63. The number of aryl methyl sites for hydroxylation is 1. The van der Waals surface area contributed by atoms with Crippen LogP contribution < -0.4 is 5.32 Å². The maximum absolute atomic E-state index is 13.1. The lowest BCUT2D eigenvalue weighted by Crippen LogP contribution is -2.37. The smallest absolute Gasteiger partial charge is 0.396 e. The first-order valence-corrected chi connectivity index (χ1v) is 10.9. The fourth-order valence-electron chi connectivity index (χ4n) is 4.32. The number of anilines is 1. The first-order chi connectivity index (χ1) is 16.0. The average molecular weight is 474 g/mol. The Balaban J connectivity index is 1.70. The van der Waals surface area contributed by atoms with Crippen LogP contribution in [-0.4, -0.2) is 45.0 Å². The number of nitrogens with zero attached hydrogens (tertiary/aromatic N) is 3. The molecule has 0 aliphatic carbocycles. The lowest BCUT2D eigenvalue weighted by atomic mass is 9.89. The van der Waals surface area contributed by atoms with Gasteiger partial charge in [0, 0.05) is 32.2 Å². The second kappa shape index (κ2) is 8.75. The molecular formula is C24H25F3N4O3. The van der Waals surface area contributed by atoms with Crippen LogP contribution in [0.3, 0.4) is 0 Å². The number of hydrogen-bond donors (Lipinski definition) is 2. The Morgan fingerprint density at radius 2 is 2.00 bits per heavy atom. The number of aromatic nitrogens is 2. The number of fused-ring (bicyclic) bond motifs is 1. The van der Waals surface area contributed by atoms with E-state index < -0.39 is 23.2 Å². The molecule has 1 aliphatic rings. The van der Waals surface area contributed by atoms with Crippen molar-refractivity contribution in [2.75, 3.05) is 19.0 Å². The fourth-order valence-corrected chi connectivity index (χ4v) is 4.32. The molecule has 7 nitrogen and oxygen atoms in total.